The molecule has 0 aliphatic carbocycles. The second-order valence-corrected chi connectivity index (χ2v) is 6.65. The van der Waals surface area contributed by atoms with Crippen molar-refractivity contribution in [3.63, 3.8) is 0 Å². The number of esters is 1. The van der Waals surface area contributed by atoms with Gasteiger partial charge in [0.05, 0.1) is 19.2 Å². The number of carbonyl (C=O) groups is 2. The van der Waals surface area contributed by atoms with Crippen LogP contribution in [0.2, 0.25) is 0 Å². The molecule has 3 aromatic rings. The molecule has 0 spiro atoms. The molecule has 1 amide bonds. The average Bonchev–Trinajstić information content (AvgIpc) is 3.13. The summed E-state index contributed by atoms with van der Waals surface area (Å²) in [6.07, 6.45) is -2.45. The Kier molecular flexibility index (Phi) is 6.41. The Morgan fingerprint density at radius 3 is 2.63 bits per heavy atom. The van der Waals surface area contributed by atoms with Crippen molar-refractivity contribution in [2.75, 3.05) is 19.0 Å². The molecule has 0 aliphatic rings. The number of hydrogen-bond donors (Lipinski definition) is 3. The lowest BCUT2D eigenvalue weighted by Gasteiger charge is -2.16. The van der Waals surface area contributed by atoms with Gasteiger partial charge in [-0.1, -0.05) is 24.3 Å². The molecule has 1 atom stereocenters. The molecule has 0 saturated heterocycles. The van der Waals surface area contributed by atoms with Gasteiger partial charge in [-0.25, -0.2) is 0 Å². The van der Waals surface area contributed by atoms with Crippen LogP contribution in [-0.4, -0.2) is 36.6 Å². The summed E-state index contributed by atoms with van der Waals surface area (Å²) in [5, 5.41) is 6.16. The first-order valence-electron chi connectivity index (χ1n) is 9.11. The lowest BCUT2D eigenvalue weighted by atomic mass is 10.0. The SMILES string of the molecule is COC(=O)[C@@H](Cc1c[nH]c2ccccc12)NCC(=O)Nc1cccc(C(F)(F)F)c1. The molecule has 1 aromatic heterocycles. The third-order valence-corrected chi connectivity index (χ3v) is 4.57. The number of fused-ring (bicyclic) bond motifs is 1. The van der Waals surface area contributed by atoms with Crippen molar-refractivity contribution in [1.82, 2.24) is 10.3 Å². The summed E-state index contributed by atoms with van der Waals surface area (Å²) in [5.74, 6) is -1.13. The first-order chi connectivity index (χ1) is 14.3. The van der Waals surface area contributed by atoms with Crippen LogP contribution in [0.4, 0.5) is 18.9 Å². The lowest BCUT2D eigenvalue weighted by Crippen LogP contribution is -2.43. The van der Waals surface area contributed by atoms with E-state index in [9.17, 15) is 22.8 Å². The number of para-hydroxylation sites is 1. The smallest absolute Gasteiger partial charge is 0.416 e. The highest BCUT2D eigenvalue weighted by Gasteiger charge is 2.30. The maximum atomic E-state index is 12.8. The monoisotopic (exact) mass is 419 g/mol. The van der Waals surface area contributed by atoms with E-state index in [2.05, 4.69) is 15.6 Å². The number of aromatic amines is 1. The second kappa shape index (κ2) is 9.00. The van der Waals surface area contributed by atoms with Crippen molar-refractivity contribution in [3.05, 3.63) is 65.9 Å². The Hall–Kier alpha value is -3.33. The van der Waals surface area contributed by atoms with Crippen LogP contribution >= 0.6 is 0 Å². The minimum absolute atomic E-state index is 0.0165. The zero-order valence-electron chi connectivity index (χ0n) is 16.0. The first-order valence-corrected chi connectivity index (χ1v) is 9.11. The Balaban J connectivity index is 1.65. The highest BCUT2D eigenvalue weighted by atomic mass is 19.4. The fraction of sp³-hybridized carbons (Fsp3) is 0.238. The van der Waals surface area contributed by atoms with E-state index in [4.69, 9.17) is 4.74 Å². The van der Waals surface area contributed by atoms with Crippen LogP contribution in [0.5, 0.6) is 0 Å². The van der Waals surface area contributed by atoms with E-state index >= 15 is 0 Å². The third-order valence-electron chi connectivity index (χ3n) is 4.57. The summed E-state index contributed by atoms with van der Waals surface area (Å²) >= 11 is 0. The third kappa shape index (κ3) is 5.18. The van der Waals surface area contributed by atoms with Crippen LogP contribution in [-0.2, 0) is 26.9 Å². The van der Waals surface area contributed by atoms with Gasteiger partial charge in [0.1, 0.15) is 6.04 Å². The van der Waals surface area contributed by atoms with Crippen molar-refractivity contribution in [1.29, 1.82) is 0 Å². The number of amides is 1. The van der Waals surface area contributed by atoms with Crippen LogP contribution in [0.1, 0.15) is 11.1 Å². The first kappa shape index (κ1) is 21.4. The van der Waals surface area contributed by atoms with Crippen molar-refractivity contribution in [2.24, 2.45) is 0 Å². The zero-order valence-corrected chi connectivity index (χ0v) is 16.0. The number of nitrogens with one attached hydrogen (secondary N) is 3. The summed E-state index contributed by atoms with van der Waals surface area (Å²) in [6.45, 7) is -0.279. The van der Waals surface area contributed by atoms with Gasteiger partial charge in [-0.3, -0.25) is 14.9 Å². The van der Waals surface area contributed by atoms with Gasteiger partial charge in [0.25, 0.3) is 0 Å². The highest BCUT2D eigenvalue weighted by molar-refractivity contribution is 5.93. The maximum absolute atomic E-state index is 12.8. The molecule has 0 bridgehead atoms. The van der Waals surface area contributed by atoms with E-state index < -0.39 is 29.7 Å². The zero-order chi connectivity index (χ0) is 21.7. The number of hydrogen-bond acceptors (Lipinski definition) is 4. The number of anilines is 1. The predicted octanol–water partition coefficient (Wildman–Crippen LogP) is 3.50. The Bertz CT molecular complexity index is 1050. The summed E-state index contributed by atoms with van der Waals surface area (Å²) in [6, 6.07) is 11.1. The fourth-order valence-electron chi connectivity index (χ4n) is 3.10. The fourth-order valence-corrected chi connectivity index (χ4v) is 3.10. The molecule has 0 aliphatic heterocycles. The molecule has 0 radical (unpaired) electrons. The number of H-pyrrole nitrogens is 1. The quantitative estimate of drug-likeness (QED) is 0.512. The number of alkyl halides is 3. The van der Waals surface area contributed by atoms with Gasteiger partial charge >= 0.3 is 12.1 Å². The Labute approximate surface area is 170 Å². The van der Waals surface area contributed by atoms with E-state index in [1.807, 2.05) is 24.3 Å². The molecule has 1 heterocycles. The lowest BCUT2D eigenvalue weighted by molar-refractivity contribution is -0.143. The standard InChI is InChI=1S/C21H20F3N3O3/c1-30-20(29)18(9-13-11-25-17-8-3-2-7-16(13)17)26-12-19(28)27-15-6-4-5-14(10-15)21(22,23)24/h2-8,10-11,18,25-26H,9,12H2,1H3,(H,27,28)/t18-/m1/s1. The number of benzene rings is 2. The van der Waals surface area contributed by atoms with Crippen molar-refractivity contribution < 1.29 is 27.5 Å². The molecule has 0 saturated carbocycles. The minimum Gasteiger partial charge on any atom is -0.468 e. The van der Waals surface area contributed by atoms with Gasteiger partial charge < -0.3 is 15.0 Å². The van der Waals surface area contributed by atoms with E-state index in [1.165, 1.54) is 19.2 Å². The number of aromatic nitrogens is 1. The predicted molar refractivity (Wildman–Crippen MR) is 106 cm³/mol. The van der Waals surface area contributed by atoms with Crippen molar-refractivity contribution in [2.45, 2.75) is 18.6 Å². The molecule has 3 N–H and O–H groups in total. The minimum atomic E-state index is -4.51. The molecule has 0 unspecified atom stereocenters. The van der Waals surface area contributed by atoms with E-state index in [0.717, 1.165) is 28.6 Å². The van der Waals surface area contributed by atoms with Crippen LogP contribution in [0.25, 0.3) is 10.9 Å². The number of carbonyl (C=O) groups excluding carboxylic acids is 2. The largest absolute Gasteiger partial charge is 0.468 e. The number of rotatable bonds is 7. The van der Waals surface area contributed by atoms with Crippen molar-refractivity contribution >= 4 is 28.5 Å². The molecule has 0 fully saturated rings. The molecular formula is C21H20F3N3O3. The molecule has 2 aromatic carbocycles. The summed E-state index contributed by atoms with van der Waals surface area (Å²) in [4.78, 5) is 27.5. The van der Waals surface area contributed by atoms with Gasteiger partial charge in [-0.05, 0) is 29.8 Å². The highest BCUT2D eigenvalue weighted by Crippen LogP contribution is 2.30. The van der Waals surface area contributed by atoms with Gasteiger partial charge in [0, 0.05) is 29.2 Å². The Morgan fingerprint density at radius 2 is 1.90 bits per heavy atom. The van der Waals surface area contributed by atoms with Crippen molar-refractivity contribution in [3.8, 4) is 0 Å². The normalized spacial score (nSPS) is 12.5. The summed E-state index contributed by atoms with van der Waals surface area (Å²) < 4.78 is 43.2. The Morgan fingerprint density at radius 1 is 1.13 bits per heavy atom. The number of ether oxygens (including phenoxy) is 1. The van der Waals surface area contributed by atoms with Crippen LogP contribution in [0.15, 0.2) is 54.7 Å². The van der Waals surface area contributed by atoms with E-state index in [0.29, 0.717) is 0 Å². The van der Waals surface area contributed by atoms with Gasteiger partial charge in [0.15, 0.2) is 0 Å². The molecular weight excluding hydrogens is 399 g/mol. The van der Waals surface area contributed by atoms with Gasteiger partial charge in [-0.2, -0.15) is 13.2 Å². The summed E-state index contributed by atoms with van der Waals surface area (Å²) in [5.41, 5.74) is 0.938. The van der Waals surface area contributed by atoms with Crippen LogP contribution in [0.3, 0.4) is 0 Å². The van der Waals surface area contributed by atoms with E-state index in [-0.39, 0.29) is 18.7 Å². The molecule has 9 heteroatoms. The second-order valence-electron chi connectivity index (χ2n) is 6.65. The topological polar surface area (TPSA) is 83.2 Å². The maximum Gasteiger partial charge on any atom is 0.416 e. The molecule has 30 heavy (non-hydrogen) atoms. The van der Waals surface area contributed by atoms with Gasteiger partial charge in [-0.15, -0.1) is 0 Å². The molecule has 3 rings (SSSR count). The molecule has 158 valence electrons. The number of halogens is 3. The van der Waals surface area contributed by atoms with Crippen LogP contribution in [0, 0.1) is 0 Å². The van der Waals surface area contributed by atoms with Crippen LogP contribution < -0.4 is 10.6 Å². The average molecular weight is 419 g/mol. The van der Waals surface area contributed by atoms with E-state index in [1.54, 1.807) is 6.20 Å². The summed E-state index contributed by atoms with van der Waals surface area (Å²) in [7, 11) is 1.24. The molecule has 6 nitrogen and oxygen atoms in total. The van der Waals surface area contributed by atoms with Gasteiger partial charge in [0.2, 0.25) is 5.91 Å². The number of methoxy groups -OCH3 is 1.